The van der Waals surface area contributed by atoms with Gasteiger partial charge in [-0.3, -0.25) is 14.6 Å². The maximum Gasteiger partial charge on any atom is 0.257 e. The molecule has 3 aromatic rings. The third-order valence-electron chi connectivity index (χ3n) is 3.97. The zero-order valence-corrected chi connectivity index (χ0v) is 15.4. The molecule has 0 bridgehead atoms. The number of aromatic nitrogens is 1. The Morgan fingerprint density at radius 3 is 1.93 bits per heavy atom. The minimum atomic E-state index is -0.284. The summed E-state index contributed by atoms with van der Waals surface area (Å²) < 4.78 is 10.4. The Balaban J connectivity index is 1.65. The van der Waals surface area contributed by atoms with Crippen LogP contribution in [-0.2, 0) is 0 Å². The van der Waals surface area contributed by atoms with Gasteiger partial charge >= 0.3 is 0 Å². The number of ether oxygens (including phenoxy) is 2. The third-order valence-corrected chi connectivity index (χ3v) is 3.97. The molecule has 2 N–H and O–H groups in total. The van der Waals surface area contributed by atoms with Crippen molar-refractivity contribution in [2.45, 2.75) is 0 Å². The predicted molar refractivity (Wildman–Crippen MR) is 106 cm³/mol. The Kier molecular flexibility index (Phi) is 5.86. The first-order chi connectivity index (χ1) is 13.6. The zero-order valence-electron chi connectivity index (χ0n) is 15.4. The lowest BCUT2D eigenvalue weighted by atomic mass is 10.1. The summed E-state index contributed by atoms with van der Waals surface area (Å²) in [6.45, 7) is 0. The summed E-state index contributed by atoms with van der Waals surface area (Å²) in [5.74, 6) is 0.486. The van der Waals surface area contributed by atoms with Crippen LogP contribution in [0.25, 0.3) is 0 Å². The van der Waals surface area contributed by atoms with Crippen LogP contribution in [-0.4, -0.2) is 31.0 Å². The topological polar surface area (TPSA) is 89.6 Å². The van der Waals surface area contributed by atoms with Crippen LogP contribution in [0, 0.1) is 0 Å². The second-order valence-corrected chi connectivity index (χ2v) is 5.80. The number of hydrogen-bond acceptors (Lipinski definition) is 5. The molecule has 0 saturated heterocycles. The quantitative estimate of drug-likeness (QED) is 0.685. The van der Waals surface area contributed by atoms with Crippen molar-refractivity contribution in [2.75, 3.05) is 24.9 Å². The second-order valence-electron chi connectivity index (χ2n) is 5.80. The summed E-state index contributed by atoms with van der Waals surface area (Å²) in [5, 5.41) is 5.58. The van der Waals surface area contributed by atoms with E-state index in [1.54, 1.807) is 60.8 Å². The molecular weight excluding hydrogens is 358 g/mol. The van der Waals surface area contributed by atoms with E-state index in [0.29, 0.717) is 34.0 Å². The zero-order chi connectivity index (χ0) is 19.9. The van der Waals surface area contributed by atoms with Crippen LogP contribution in [0.15, 0.2) is 67.0 Å². The normalized spacial score (nSPS) is 10.1. The first-order valence-electron chi connectivity index (χ1n) is 8.45. The van der Waals surface area contributed by atoms with Gasteiger partial charge in [-0.2, -0.15) is 0 Å². The predicted octanol–water partition coefficient (Wildman–Crippen LogP) is 3.60. The molecule has 1 aromatic heterocycles. The van der Waals surface area contributed by atoms with Gasteiger partial charge in [0.2, 0.25) is 0 Å². The van der Waals surface area contributed by atoms with Crippen molar-refractivity contribution in [3.8, 4) is 11.5 Å². The molecule has 28 heavy (non-hydrogen) atoms. The Labute approximate surface area is 162 Å². The molecule has 0 radical (unpaired) electrons. The summed E-state index contributed by atoms with van der Waals surface area (Å²) >= 11 is 0. The molecule has 3 rings (SSSR count). The van der Waals surface area contributed by atoms with Crippen molar-refractivity contribution < 1.29 is 19.1 Å². The van der Waals surface area contributed by atoms with Gasteiger partial charge in [-0.15, -0.1) is 0 Å². The number of hydrogen-bond donors (Lipinski definition) is 2. The van der Waals surface area contributed by atoms with Gasteiger partial charge in [0, 0.05) is 29.3 Å². The summed E-state index contributed by atoms with van der Waals surface area (Å²) in [4.78, 5) is 28.5. The molecule has 0 unspecified atom stereocenters. The maximum absolute atomic E-state index is 12.4. The van der Waals surface area contributed by atoms with Crippen LogP contribution in [0.3, 0.4) is 0 Å². The SMILES string of the molecule is COc1ccc(C(=O)Nc2ccc(NC(=O)c3cccnc3)cc2)cc1OC. The standard InChI is InChI=1S/C21H19N3O4/c1-27-18-10-5-14(12-19(18)28-2)20(25)23-16-6-8-17(9-7-16)24-21(26)15-4-3-11-22-13-15/h3-13H,1-2H3,(H,23,25)(H,24,26). The number of nitrogens with one attached hydrogen (secondary N) is 2. The number of pyridine rings is 1. The molecule has 7 heteroatoms. The molecule has 1 heterocycles. The van der Waals surface area contributed by atoms with E-state index in [1.807, 2.05) is 0 Å². The summed E-state index contributed by atoms with van der Waals surface area (Å²) in [5.41, 5.74) is 2.11. The first kappa shape index (κ1) is 18.9. The number of rotatable bonds is 6. The van der Waals surface area contributed by atoms with E-state index < -0.39 is 0 Å². The number of amides is 2. The second kappa shape index (κ2) is 8.68. The van der Waals surface area contributed by atoms with Gasteiger partial charge in [-0.1, -0.05) is 0 Å². The van der Waals surface area contributed by atoms with Crippen LogP contribution >= 0.6 is 0 Å². The molecule has 2 aromatic carbocycles. The third kappa shape index (κ3) is 4.45. The van der Waals surface area contributed by atoms with Crippen molar-refractivity contribution in [1.29, 1.82) is 0 Å². The molecule has 0 aliphatic rings. The Morgan fingerprint density at radius 1 is 0.786 bits per heavy atom. The lowest BCUT2D eigenvalue weighted by Crippen LogP contribution is -2.13. The Morgan fingerprint density at radius 2 is 1.39 bits per heavy atom. The molecule has 0 aliphatic carbocycles. The highest BCUT2D eigenvalue weighted by molar-refractivity contribution is 6.05. The lowest BCUT2D eigenvalue weighted by molar-refractivity contribution is 0.101. The fourth-order valence-electron chi connectivity index (χ4n) is 2.52. The number of nitrogens with zero attached hydrogens (tertiary/aromatic N) is 1. The molecular formula is C21H19N3O4. The van der Waals surface area contributed by atoms with E-state index in [2.05, 4.69) is 15.6 Å². The van der Waals surface area contributed by atoms with Crippen molar-refractivity contribution in [1.82, 2.24) is 4.98 Å². The van der Waals surface area contributed by atoms with E-state index in [0.717, 1.165) is 0 Å². The Hall–Kier alpha value is -3.87. The van der Waals surface area contributed by atoms with Gasteiger partial charge in [-0.25, -0.2) is 0 Å². The van der Waals surface area contributed by atoms with Crippen molar-refractivity contribution in [3.05, 3.63) is 78.1 Å². The highest BCUT2D eigenvalue weighted by Crippen LogP contribution is 2.28. The van der Waals surface area contributed by atoms with E-state index >= 15 is 0 Å². The molecule has 0 spiro atoms. The van der Waals surface area contributed by atoms with Gasteiger partial charge in [0.05, 0.1) is 19.8 Å². The van der Waals surface area contributed by atoms with Crippen molar-refractivity contribution in [3.63, 3.8) is 0 Å². The number of anilines is 2. The largest absolute Gasteiger partial charge is 0.493 e. The molecule has 0 fully saturated rings. The van der Waals surface area contributed by atoms with Crippen LogP contribution in [0.4, 0.5) is 11.4 Å². The minimum Gasteiger partial charge on any atom is -0.493 e. The van der Waals surface area contributed by atoms with Gasteiger partial charge < -0.3 is 20.1 Å². The van der Waals surface area contributed by atoms with Crippen LogP contribution in [0.2, 0.25) is 0 Å². The van der Waals surface area contributed by atoms with Crippen molar-refractivity contribution in [2.24, 2.45) is 0 Å². The lowest BCUT2D eigenvalue weighted by Gasteiger charge is -2.10. The molecule has 0 atom stereocenters. The Bertz CT molecular complexity index is 973. The van der Waals surface area contributed by atoms with Gasteiger partial charge in [0.15, 0.2) is 11.5 Å². The monoisotopic (exact) mass is 377 g/mol. The number of carbonyl (C=O) groups excluding carboxylic acids is 2. The number of methoxy groups -OCH3 is 2. The highest BCUT2D eigenvalue weighted by Gasteiger charge is 2.11. The van der Waals surface area contributed by atoms with Gasteiger partial charge in [0.1, 0.15) is 0 Å². The van der Waals surface area contributed by atoms with E-state index in [9.17, 15) is 9.59 Å². The fourth-order valence-corrected chi connectivity index (χ4v) is 2.52. The fraction of sp³-hybridized carbons (Fsp3) is 0.0952. The first-order valence-corrected chi connectivity index (χ1v) is 8.45. The van der Waals surface area contributed by atoms with Crippen LogP contribution < -0.4 is 20.1 Å². The highest BCUT2D eigenvalue weighted by atomic mass is 16.5. The smallest absolute Gasteiger partial charge is 0.257 e. The molecule has 0 saturated carbocycles. The van der Waals surface area contributed by atoms with Crippen molar-refractivity contribution >= 4 is 23.2 Å². The van der Waals surface area contributed by atoms with E-state index in [1.165, 1.54) is 20.4 Å². The van der Waals surface area contributed by atoms with E-state index in [-0.39, 0.29) is 11.8 Å². The number of carbonyl (C=O) groups is 2. The summed E-state index contributed by atoms with van der Waals surface area (Å²) in [7, 11) is 3.05. The molecule has 2 amide bonds. The van der Waals surface area contributed by atoms with Crippen LogP contribution in [0.5, 0.6) is 11.5 Å². The van der Waals surface area contributed by atoms with Gasteiger partial charge in [0.25, 0.3) is 11.8 Å². The summed E-state index contributed by atoms with van der Waals surface area (Å²) in [6, 6.07) is 15.1. The maximum atomic E-state index is 12.4. The van der Waals surface area contributed by atoms with Crippen LogP contribution in [0.1, 0.15) is 20.7 Å². The number of benzene rings is 2. The van der Waals surface area contributed by atoms with Gasteiger partial charge in [-0.05, 0) is 54.6 Å². The average molecular weight is 377 g/mol. The minimum absolute atomic E-state index is 0.254. The summed E-state index contributed by atoms with van der Waals surface area (Å²) in [6.07, 6.45) is 3.10. The molecule has 142 valence electrons. The van der Waals surface area contributed by atoms with E-state index in [4.69, 9.17) is 9.47 Å². The molecule has 0 aliphatic heterocycles. The average Bonchev–Trinajstić information content (AvgIpc) is 2.75. The molecule has 7 nitrogen and oxygen atoms in total.